The minimum absolute atomic E-state index is 0.277. The van der Waals surface area contributed by atoms with Crippen molar-refractivity contribution >= 4 is 28.3 Å². The summed E-state index contributed by atoms with van der Waals surface area (Å²) in [6, 6.07) is 12.5. The van der Waals surface area contributed by atoms with Crippen LogP contribution in [0.15, 0.2) is 47.3 Å². The Labute approximate surface area is 194 Å². The molecule has 170 valence electrons. The van der Waals surface area contributed by atoms with E-state index in [4.69, 9.17) is 14.2 Å². The molecule has 0 fully saturated rings. The zero-order chi connectivity index (χ0) is 23.4. The Hall–Kier alpha value is -3.72. The second-order valence-electron chi connectivity index (χ2n) is 7.25. The molecule has 2 aromatic carbocycles. The summed E-state index contributed by atoms with van der Waals surface area (Å²) >= 11 is 1.23. The van der Waals surface area contributed by atoms with Gasteiger partial charge >= 0.3 is 5.97 Å². The molecule has 0 saturated heterocycles. The highest BCUT2D eigenvalue weighted by molar-refractivity contribution is 7.15. The van der Waals surface area contributed by atoms with Crippen LogP contribution in [0.3, 0.4) is 0 Å². The quantitative estimate of drug-likeness (QED) is 0.223. The van der Waals surface area contributed by atoms with Crippen molar-refractivity contribution in [2.45, 2.75) is 26.7 Å². The molecule has 0 amide bonds. The molecule has 33 heavy (non-hydrogen) atoms. The number of esters is 1. The van der Waals surface area contributed by atoms with Gasteiger partial charge < -0.3 is 14.2 Å². The number of benzene rings is 2. The fourth-order valence-corrected chi connectivity index (χ4v) is 4.12. The number of thiazole rings is 1. The fourth-order valence-electron chi connectivity index (χ4n) is 3.21. The van der Waals surface area contributed by atoms with Gasteiger partial charge in [-0.15, -0.1) is 5.10 Å². The van der Waals surface area contributed by atoms with Crippen LogP contribution in [0, 0.1) is 0 Å². The first kappa shape index (κ1) is 22.5. The first-order valence-electron chi connectivity index (χ1n) is 10.5. The summed E-state index contributed by atoms with van der Waals surface area (Å²) < 4.78 is 18.2. The van der Waals surface area contributed by atoms with Crippen LogP contribution < -0.4 is 24.3 Å². The van der Waals surface area contributed by atoms with Crippen molar-refractivity contribution in [2.24, 2.45) is 0 Å². The topological polar surface area (TPSA) is 92.0 Å². The fraction of sp³-hybridized carbons (Fsp3) is 0.250. The van der Waals surface area contributed by atoms with Crippen molar-refractivity contribution in [2.75, 3.05) is 13.7 Å². The van der Waals surface area contributed by atoms with Crippen LogP contribution in [0.4, 0.5) is 0 Å². The highest BCUT2D eigenvalue weighted by atomic mass is 32.1. The van der Waals surface area contributed by atoms with Gasteiger partial charge in [0, 0.05) is 6.92 Å². The molecule has 2 heterocycles. The average molecular weight is 466 g/mol. The highest BCUT2D eigenvalue weighted by Gasteiger charge is 2.16. The monoisotopic (exact) mass is 465 g/mol. The number of hydrogen-bond donors (Lipinski definition) is 0. The molecule has 0 unspecified atom stereocenters. The van der Waals surface area contributed by atoms with E-state index in [0.717, 1.165) is 18.4 Å². The van der Waals surface area contributed by atoms with Gasteiger partial charge in [0.15, 0.2) is 17.3 Å². The Balaban J connectivity index is 1.67. The number of nitrogens with zero attached hydrogens (tertiary/aromatic N) is 3. The van der Waals surface area contributed by atoms with Crippen LogP contribution in [-0.2, 0) is 4.79 Å². The third-order valence-corrected chi connectivity index (χ3v) is 5.76. The molecule has 0 spiro atoms. The van der Waals surface area contributed by atoms with Gasteiger partial charge in [0.05, 0.1) is 23.8 Å². The number of ether oxygens (including phenoxy) is 3. The third kappa shape index (κ3) is 4.88. The van der Waals surface area contributed by atoms with Crippen LogP contribution >= 0.6 is 11.3 Å². The molecule has 2 aromatic heterocycles. The number of methoxy groups -OCH3 is 1. The molecule has 0 bridgehead atoms. The molecule has 0 aliphatic carbocycles. The largest absolute Gasteiger partial charge is 0.493 e. The van der Waals surface area contributed by atoms with Crippen LogP contribution in [0.2, 0.25) is 0 Å². The summed E-state index contributed by atoms with van der Waals surface area (Å²) in [7, 11) is 1.59. The number of aromatic nitrogens is 3. The van der Waals surface area contributed by atoms with Crippen molar-refractivity contribution in [1.82, 2.24) is 14.6 Å². The molecule has 0 saturated carbocycles. The molecule has 0 radical (unpaired) electrons. The van der Waals surface area contributed by atoms with Crippen molar-refractivity contribution < 1.29 is 19.0 Å². The first-order valence-corrected chi connectivity index (χ1v) is 11.3. The number of carbonyl (C=O) groups excluding carboxylic acids is 1. The zero-order valence-electron chi connectivity index (χ0n) is 18.5. The summed E-state index contributed by atoms with van der Waals surface area (Å²) in [6.45, 7) is 4.05. The molecule has 0 aliphatic rings. The number of para-hydroxylation sites is 1. The lowest BCUT2D eigenvalue weighted by molar-refractivity contribution is -0.131. The molecule has 0 N–H and O–H groups in total. The van der Waals surface area contributed by atoms with Crippen molar-refractivity contribution in [3.05, 3.63) is 62.9 Å². The Morgan fingerprint density at radius 3 is 2.70 bits per heavy atom. The zero-order valence-corrected chi connectivity index (χ0v) is 19.3. The van der Waals surface area contributed by atoms with Crippen LogP contribution in [0.25, 0.3) is 22.4 Å². The van der Waals surface area contributed by atoms with Crippen LogP contribution in [-0.4, -0.2) is 34.3 Å². The molecule has 0 atom stereocenters. The van der Waals surface area contributed by atoms with Gasteiger partial charge in [0.25, 0.3) is 5.56 Å². The van der Waals surface area contributed by atoms with Gasteiger partial charge in [-0.1, -0.05) is 42.9 Å². The van der Waals surface area contributed by atoms with Gasteiger partial charge in [0.2, 0.25) is 4.96 Å². The third-order valence-electron chi connectivity index (χ3n) is 4.80. The summed E-state index contributed by atoms with van der Waals surface area (Å²) in [6.07, 6.45) is 3.78. The van der Waals surface area contributed by atoms with Crippen molar-refractivity contribution in [3.8, 4) is 28.6 Å². The molecular weight excluding hydrogens is 442 g/mol. The highest BCUT2D eigenvalue weighted by Crippen LogP contribution is 2.29. The maximum absolute atomic E-state index is 12.9. The lowest BCUT2D eigenvalue weighted by atomic mass is 10.2. The van der Waals surface area contributed by atoms with Crippen molar-refractivity contribution in [1.29, 1.82) is 0 Å². The number of carbonyl (C=O) groups is 1. The van der Waals surface area contributed by atoms with E-state index in [9.17, 15) is 9.59 Å². The lowest BCUT2D eigenvalue weighted by Gasteiger charge is -2.10. The van der Waals surface area contributed by atoms with E-state index in [2.05, 4.69) is 17.0 Å². The van der Waals surface area contributed by atoms with E-state index in [0.29, 0.717) is 44.7 Å². The molecule has 0 aliphatic heterocycles. The Bertz CT molecular complexity index is 1410. The van der Waals surface area contributed by atoms with E-state index in [1.165, 1.54) is 22.8 Å². The van der Waals surface area contributed by atoms with Gasteiger partial charge in [0.1, 0.15) is 5.75 Å². The standard InChI is InChI=1S/C24H23N3O5S/c1-4-5-12-31-19-11-10-16(13-20(19)30-3)14-21-23(29)27-24(33-21)25-22(26-27)17-8-6-7-9-18(17)32-15(2)28/h6-11,13-14H,4-5,12H2,1-3H3/b21-14-. The number of hydrogen-bond acceptors (Lipinski definition) is 8. The minimum Gasteiger partial charge on any atom is -0.493 e. The Morgan fingerprint density at radius 1 is 1.15 bits per heavy atom. The van der Waals surface area contributed by atoms with Crippen molar-refractivity contribution in [3.63, 3.8) is 0 Å². The van der Waals surface area contributed by atoms with E-state index in [1.54, 1.807) is 37.5 Å². The smallest absolute Gasteiger partial charge is 0.308 e. The molecule has 4 aromatic rings. The molecule has 9 heteroatoms. The summed E-state index contributed by atoms with van der Waals surface area (Å²) in [5.41, 5.74) is 1.06. The van der Waals surface area contributed by atoms with Gasteiger partial charge in [-0.25, -0.2) is 0 Å². The van der Waals surface area contributed by atoms with E-state index >= 15 is 0 Å². The van der Waals surface area contributed by atoms with Crippen LogP contribution in [0.1, 0.15) is 32.3 Å². The predicted octanol–water partition coefficient (Wildman–Crippen LogP) is 3.48. The number of fused-ring (bicyclic) bond motifs is 1. The summed E-state index contributed by atoms with van der Waals surface area (Å²) in [5.74, 6) is 1.50. The Morgan fingerprint density at radius 2 is 1.97 bits per heavy atom. The number of unbranched alkanes of at least 4 members (excludes halogenated alkanes) is 1. The normalized spacial score (nSPS) is 11.7. The SMILES string of the molecule is CCCCOc1ccc(/C=c2\sc3nc(-c4ccccc4OC(C)=O)nn3c2=O)cc1OC. The lowest BCUT2D eigenvalue weighted by Crippen LogP contribution is -2.23. The summed E-state index contributed by atoms with van der Waals surface area (Å²) in [5, 5.41) is 4.35. The molecule has 8 nitrogen and oxygen atoms in total. The Kier molecular flexibility index (Phi) is 6.69. The van der Waals surface area contributed by atoms with E-state index in [1.807, 2.05) is 18.2 Å². The molecule has 4 rings (SSSR count). The summed E-state index contributed by atoms with van der Waals surface area (Å²) in [4.78, 5) is 29.2. The van der Waals surface area contributed by atoms with E-state index in [-0.39, 0.29) is 5.56 Å². The predicted molar refractivity (Wildman–Crippen MR) is 126 cm³/mol. The van der Waals surface area contributed by atoms with Gasteiger partial charge in [-0.05, 0) is 42.3 Å². The minimum atomic E-state index is -0.443. The second-order valence-corrected chi connectivity index (χ2v) is 8.26. The van der Waals surface area contributed by atoms with Gasteiger partial charge in [-0.3, -0.25) is 9.59 Å². The maximum Gasteiger partial charge on any atom is 0.308 e. The maximum atomic E-state index is 12.9. The number of rotatable bonds is 8. The van der Waals surface area contributed by atoms with E-state index < -0.39 is 5.97 Å². The van der Waals surface area contributed by atoms with Crippen LogP contribution in [0.5, 0.6) is 17.2 Å². The first-order chi connectivity index (χ1) is 16.0. The second kappa shape index (κ2) is 9.83. The average Bonchev–Trinajstić information content (AvgIpc) is 3.34. The van der Waals surface area contributed by atoms with Gasteiger partial charge in [-0.2, -0.15) is 9.50 Å². The molecular formula is C24H23N3O5S.